The predicted octanol–water partition coefficient (Wildman–Crippen LogP) is 3.51. The number of para-hydroxylation sites is 1. The quantitative estimate of drug-likeness (QED) is 0.434. The number of rotatable bonds is 7. The van der Waals surface area contributed by atoms with Crippen LogP contribution in [0.15, 0.2) is 36.4 Å². The second-order valence-corrected chi connectivity index (χ2v) is 12.4. The van der Waals surface area contributed by atoms with Crippen LogP contribution in [0.25, 0.3) is 10.9 Å². The molecule has 0 spiro atoms. The largest absolute Gasteiger partial charge is 0.492 e. The van der Waals surface area contributed by atoms with Gasteiger partial charge in [-0.1, -0.05) is 39.0 Å². The lowest BCUT2D eigenvalue weighted by Gasteiger charge is -2.27. The lowest BCUT2D eigenvalue weighted by molar-refractivity contribution is 0.101. The van der Waals surface area contributed by atoms with Crippen LogP contribution >= 0.6 is 0 Å². The Bertz CT molecular complexity index is 1420. The Morgan fingerprint density at radius 3 is 2.41 bits per heavy atom. The number of carbonyl (C=O) groups is 1. The smallest absolute Gasteiger partial charge is 0.272 e. The minimum Gasteiger partial charge on any atom is -0.492 e. The van der Waals surface area contributed by atoms with Crippen LogP contribution in [0.2, 0.25) is 0 Å². The van der Waals surface area contributed by atoms with Crippen molar-refractivity contribution in [1.82, 2.24) is 14.8 Å². The van der Waals surface area contributed by atoms with Crippen LogP contribution in [-0.4, -0.2) is 63.3 Å². The summed E-state index contributed by atoms with van der Waals surface area (Å²) in [6, 6.07) is 11.6. The van der Waals surface area contributed by atoms with Crippen molar-refractivity contribution in [3.63, 3.8) is 0 Å². The molecule has 0 aliphatic carbocycles. The maximum atomic E-state index is 13.6. The first kappa shape index (κ1) is 27.0. The highest BCUT2D eigenvalue weighted by Crippen LogP contribution is 2.39. The SMILES string of the molecule is COc1c(NC(=O)c2cc3cccc(CN4CCNCC4)c3n2C)cc(C(C)(C)C)cc1NS(C)(=O)=O. The molecule has 0 unspecified atom stereocenters. The molecule has 0 bridgehead atoms. The third-order valence-corrected chi connectivity index (χ3v) is 7.27. The molecule has 1 aliphatic heterocycles. The fourth-order valence-electron chi connectivity index (χ4n) is 4.79. The molecule has 37 heavy (non-hydrogen) atoms. The van der Waals surface area contributed by atoms with Crippen molar-refractivity contribution in [2.24, 2.45) is 7.05 Å². The van der Waals surface area contributed by atoms with Crippen LogP contribution in [0, 0.1) is 0 Å². The van der Waals surface area contributed by atoms with Gasteiger partial charge in [-0.25, -0.2) is 8.42 Å². The van der Waals surface area contributed by atoms with Crippen molar-refractivity contribution < 1.29 is 17.9 Å². The fraction of sp³-hybridized carbons (Fsp3) is 0.444. The highest BCUT2D eigenvalue weighted by molar-refractivity contribution is 7.92. The number of hydrogen-bond donors (Lipinski definition) is 3. The number of nitrogens with zero attached hydrogens (tertiary/aromatic N) is 2. The Morgan fingerprint density at radius 1 is 1.11 bits per heavy atom. The molecular formula is C27H37N5O4S. The maximum Gasteiger partial charge on any atom is 0.272 e. The van der Waals surface area contributed by atoms with E-state index in [1.165, 1.54) is 12.7 Å². The molecule has 1 amide bonds. The van der Waals surface area contributed by atoms with Gasteiger partial charge in [-0.15, -0.1) is 0 Å². The van der Waals surface area contributed by atoms with Gasteiger partial charge in [0.2, 0.25) is 10.0 Å². The molecule has 200 valence electrons. The summed E-state index contributed by atoms with van der Waals surface area (Å²) in [7, 11) is -0.212. The summed E-state index contributed by atoms with van der Waals surface area (Å²) in [6.07, 6.45) is 1.09. The van der Waals surface area contributed by atoms with Crippen LogP contribution in [-0.2, 0) is 29.0 Å². The Balaban J connectivity index is 1.72. The third kappa shape index (κ3) is 6.08. The standard InChI is InChI=1S/C27H37N5O4S/c1-27(2,3)20-15-21(25(36-5)22(16-20)30-37(6,34)35)29-26(33)23-14-18-8-7-9-19(24(18)31(23)4)17-32-12-10-28-11-13-32/h7-9,14-16,28,30H,10-13,17H2,1-6H3,(H,29,33). The van der Waals surface area contributed by atoms with Crippen LogP contribution in [0.4, 0.5) is 11.4 Å². The lowest BCUT2D eigenvalue weighted by Crippen LogP contribution is -2.42. The van der Waals surface area contributed by atoms with Crippen molar-refractivity contribution in [2.75, 3.05) is 49.6 Å². The van der Waals surface area contributed by atoms with Crippen LogP contribution < -0.4 is 20.1 Å². The summed E-state index contributed by atoms with van der Waals surface area (Å²) in [5.74, 6) is -0.0496. The topological polar surface area (TPSA) is 105 Å². The normalized spacial score (nSPS) is 15.1. The van der Waals surface area contributed by atoms with Gasteiger partial charge in [-0.3, -0.25) is 14.4 Å². The molecule has 1 aromatic heterocycles. The molecule has 1 fully saturated rings. The zero-order valence-electron chi connectivity index (χ0n) is 22.4. The summed E-state index contributed by atoms with van der Waals surface area (Å²) >= 11 is 0. The maximum absolute atomic E-state index is 13.6. The summed E-state index contributed by atoms with van der Waals surface area (Å²) < 4.78 is 34.1. The van der Waals surface area contributed by atoms with Crippen molar-refractivity contribution >= 4 is 38.2 Å². The van der Waals surface area contributed by atoms with Crippen molar-refractivity contribution in [1.29, 1.82) is 0 Å². The molecule has 4 rings (SSSR count). The van der Waals surface area contributed by atoms with Gasteiger partial charge < -0.3 is 19.9 Å². The predicted molar refractivity (Wildman–Crippen MR) is 149 cm³/mol. The summed E-state index contributed by atoms with van der Waals surface area (Å²) in [5, 5.41) is 7.36. The van der Waals surface area contributed by atoms with E-state index in [-0.39, 0.29) is 22.8 Å². The number of anilines is 2. The Morgan fingerprint density at radius 2 is 1.78 bits per heavy atom. The highest BCUT2D eigenvalue weighted by Gasteiger charge is 2.24. The molecule has 0 saturated carbocycles. The highest BCUT2D eigenvalue weighted by atomic mass is 32.2. The molecule has 0 radical (unpaired) electrons. The summed E-state index contributed by atoms with van der Waals surface area (Å²) in [6.45, 7) is 10.8. The van der Waals surface area contributed by atoms with E-state index in [9.17, 15) is 13.2 Å². The second-order valence-electron chi connectivity index (χ2n) is 10.7. The Kier molecular flexibility index (Phi) is 7.55. The number of methoxy groups -OCH3 is 1. The number of aromatic nitrogens is 1. The summed E-state index contributed by atoms with van der Waals surface area (Å²) in [5.41, 5.74) is 3.95. The number of benzene rings is 2. The van der Waals surface area contributed by atoms with Gasteiger partial charge in [0.05, 0.1) is 30.3 Å². The number of piperazine rings is 1. The molecule has 0 atom stereocenters. The summed E-state index contributed by atoms with van der Waals surface area (Å²) in [4.78, 5) is 16.0. The number of hydrogen-bond acceptors (Lipinski definition) is 6. The molecule has 3 aromatic rings. The number of amides is 1. The zero-order valence-corrected chi connectivity index (χ0v) is 23.3. The molecule has 10 heteroatoms. The van der Waals surface area contributed by atoms with Gasteiger partial charge in [-0.2, -0.15) is 0 Å². The fourth-order valence-corrected chi connectivity index (χ4v) is 5.34. The minimum absolute atomic E-state index is 0.255. The van der Waals surface area contributed by atoms with E-state index in [1.54, 1.807) is 6.07 Å². The van der Waals surface area contributed by atoms with Gasteiger partial charge in [0, 0.05) is 45.2 Å². The average molecular weight is 528 g/mol. The Hall–Kier alpha value is -3.08. The monoisotopic (exact) mass is 527 g/mol. The molecule has 1 saturated heterocycles. The number of aryl methyl sites for hydroxylation is 1. The van der Waals surface area contributed by atoms with E-state index in [0.717, 1.165) is 55.4 Å². The average Bonchev–Trinajstić information content (AvgIpc) is 3.15. The molecule has 2 heterocycles. The van der Waals surface area contributed by atoms with Gasteiger partial charge in [0.15, 0.2) is 5.75 Å². The van der Waals surface area contributed by atoms with E-state index < -0.39 is 10.0 Å². The molecule has 1 aliphatic rings. The van der Waals surface area contributed by atoms with Crippen molar-refractivity contribution in [2.45, 2.75) is 32.7 Å². The van der Waals surface area contributed by atoms with Gasteiger partial charge in [0.25, 0.3) is 5.91 Å². The van der Waals surface area contributed by atoms with Crippen LogP contribution in [0.1, 0.15) is 42.4 Å². The lowest BCUT2D eigenvalue weighted by atomic mass is 9.86. The van der Waals surface area contributed by atoms with Crippen molar-refractivity contribution in [3.05, 3.63) is 53.2 Å². The van der Waals surface area contributed by atoms with E-state index in [2.05, 4.69) is 26.3 Å². The van der Waals surface area contributed by atoms with Gasteiger partial charge >= 0.3 is 0 Å². The molecule has 3 N–H and O–H groups in total. The first-order chi connectivity index (χ1) is 17.4. The third-order valence-electron chi connectivity index (χ3n) is 6.68. The van der Waals surface area contributed by atoms with E-state index >= 15 is 0 Å². The van der Waals surface area contributed by atoms with Crippen molar-refractivity contribution in [3.8, 4) is 5.75 Å². The van der Waals surface area contributed by atoms with Gasteiger partial charge in [0.1, 0.15) is 5.69 Å². The van der Waals surface area contributed by atoms with Crippen LogP contribution in [0.3, 0.4) is 0 Å². The van der Waals surface area contributed by atoms with E-state index in [0.29, 0.717) is 11.4 Å². The van der Waals surface area contributed by atoms with E-state index in [4.69, 9.17) is 4.74 Å². The number of fused-ring (bicyclic) bond motifs is 1. The molecular weight excluding hydrogens is 490 g/mol. The number of carbonyl (C=O) groups excluding carboxylic acids is 1. The molecule has 2 aromatic carbocycles. The minimum atomic E-state index is -3.57. The van der Waals surface area contributed by atoms with E-state index in [1.807, 2.05) is 56.7 Å². The molecule has 9 nitrogen and oxygen atoms in total. The van der Waals surface area contributed by atoms with Gasteiger partial charge in [-0.05, 0) is 34.7 Å². The number of sulfonamides is 1. The van der Waals surface area contributed by atoms with Crippen LogP contribution in [0.5, 0.6) is 5.75 Å². The Labute approximate surface area is 219 Å². The second kappa shape index (κ2) is 10.4. The first-order valence-electron chi connectivity index (χ1n) is 12.4. The zero-order chi connectivity index (χ0) is 27.0. The first-order valence-corrected chi connectivity index (χ1v) is 14.3. The number of nitrogens with one attached hydrogen (secondary N) is 3. The number of ether oxygens (including phenoxy) is 1.